The van der Waals surface area contributed by atoms with Crippen molar-refractivity contribution in [2.45, 2.75) is 12.8 Å². The average Bonchev–Trinajstić information content (AvgIpc) is 2.20. The largest absolute Gasteiger partial charge is 0.266 e. The number of pyridine rings is 1. The Morgan fingerprint density at radius 2 is 2.13 bits per heavy atom. The van der Waals surface area contributed by atoms with Crippen molar-refractivity contribution in [3.8, 4) is 12.1 Å². The molecule has 76 valence electrons. The molecule has 1 aromatic heterocycles. The van der Waals surface area contributed by atoms with Crippen LogP contribution >= 0.6 is 11.6 Å². The molecule has 0 atom stereocenters. The van der Waals surface area contributed by atoms with E-state index in [9.17, 15) is 8.78 Å². The van der Waals surface area contributed by atoms with Crippen LogP contribution in [-0.4, -0.2) is 4.98 Å². The van der Waals surface area contributed by atoms with Crippen LogP contribution in [0.15, 0.2) is 6.20 Å². The average molecular weight is 228 g/mol. The molecule has 1 aromatic rings. The Labute approximate surface area is 89.5 Å². The second kappa shape index (κ2) is 4.68. The van der Waals surface area contributed by atoms with Gasteiger partial charge in [0.2, 0.25) is 0 Å². The molecule has 0 aliphatic carbocycles. The van der Waals surface area contributed by atoms with Gasteiger partial charge in [0.15, 0.2) is 0 Å². The third kappa shape index (κ3) is 2.20. The third-order valence-corrected chi connectivity index (χ3v) is 2.18. The molecule has 0 amide bonds. The molecule has 0 fully saturated rings. The second-order valence-electron chi connectivity index (χ2n) is 2.60. The van der Waals surface area contributed by atoms with Crippen molar-refractivity contribution in [2.24, 2.45) is 0 Å². The van der Waals surface area contributed by atoms with Crippen molar-refractivity contribution in [1.82, 2.24) is 4.98 Å². The first-order valence-corrected chi connectivity index (χ1v) is 4.22. The quantitative estimate of drug-likeness (QED) is 0.780. The summed E-state index contributed by atoms with van der Waals surface area (Å²) in [6.07, 6.45) is -2.13. The molecule has 0 spiro atoms. The molecule has 1 heterocycles. The topological polar surface area (TPSA) is 60.5 Å². The highest BCUT2D eigenvalue weighted by Gasteiger charge is 2.18. The van der Waals surface area contributed by atoms with Gasteiger partial charge in [0.05, 0.1) is 23.1 Å². The van der Waals surface area contributed by atoms with Gasteiger partial charge in [-0.25, -0.2) is 13.8 Å². The van der Waals surface area contributed by atoms with E-state index in [1.54, 1.807) is 12.1 Å². The zero-order valence-electron chi connectivity index (χ0n) is 7.34. The zero-order valence-corrected chi connectivity index (χ0v) is 8.09. The SMILES string of the molecule is N#CCc1c(C#N)ncc(C(F)F)c1Cl. The van der Waals surface area contributed by atoms with Crippen LogP contribution in [0.4, 0.5) is 8.78 Å². The van der Waals surface area contributed by atoms with Crippen LogP contribution < -0.4 is 0 Å². The summed E-state index contributed by atoms with van der Waals surface area (Å²) in [4.78, 5) is 3.52. The summed E-state index contributed by atoms with van der Waals surface area (Å²) >= 11 is 5.64. The summed E-state index contributed by atoms with van der Waals surface area (Å²) in [5.74, 6) is 0. The summed E-state index contributed by atoms with van der Waals surface area (Å²) in [5.41, 5.74) is -0.494. The van der Waals surface area contributed by atoms with Crippen LogP contribution in [-0.2, 0) is 6.42 Å². The fraction of sp³-hybridized carbons (Fsp3) is 0.222. The van der Waals surface area contributed by atoms with Gasteiger partial charge in [-0.3, -0.25) is 0 Å². The van der Waals surface area contributed by atoms with Gasteiger partial charge in [-0.2, -0.15) is 10.5 Å². The van der Waals surface area contributed by atoms with E-state index in [0.29, 0.717) is 0 Å². The minimum absolute atomic E-state index is 0.0551. The van der Waals surface area contributed by atoms with Gasteiger partial charge in [-0.15, -0.1) is 0 Å². The van der Waals surface area contributed by atoms with E-state index in [2.05, 4.69) is 4.98 Å². The molecular weight excluding hydrogens is 224 g/mol. The summed E-state index contributed by atoms with van der Waals surface area (Å²) in [7, 11) is 0. The minimum atomic E-state index is -2.77. The minimum Gasteiger partial charge on any atom is -0.245 e. The molecule has 6 heteroatoms. The number of rotatable bonds is 2. The van der Waals surface area contributed by atoms with Crippen LogP contribution in [0.25, 0.3) is 0 Å². The number of nitriles is 2. The van der Waals surface area contributed by atoms with Crippen molar-refractivity contribution in [3.63, 3.8) is 0 Å². The maximum atomic E-state index is 12.4. The highest BCUT2D eigenvalue weighted by atomic mass is 35.5. The number of alkyl halides is 2. The zero-order chi connectivity index (χ0) is 11.4. The molecule has 0 aliphatic rings. The van der Waals surface area contributed by atoms with Crippen LogP contribution in [0.5, 0.6) is 0 Å². The maximum absolute atomic E-state index is 12.4. The van der Waals surface area contributed by atoms with Crippen molar-refractivity contribution in [1.29, 1.82) is 10.5 Å². The van der Waals surface area contributed by atoms with E-state index < -0.39 is 12.0 Å². The van der Waals surface area contributed by atoms with E-state index in [1.807, 2.05) is 0 Å². The number of hydrogen-bond acceptors (Lipinski definition) is 3. The highest BCUT2D eigenvalue weighted by molar-refractivity contribution is 6.32. The van der Waals surface area contributed by atoms with Crippen LogP contribution in [0.2, 0.25) is 5.02 Å². The van der Waals surface area contributed by atoms with E-state index in [1.165, 1.54) is 0 Å². The maximum Gasteiger partial charge on any atom is 0.266 e. The Hall–Kier alpha value is -1.72. The van der Waals surface area contributed by atoms with Crippen molar-refractivity contribution < 1.29 is 8.78 Å². The Balaban J connectivity index is 3.38. The summed E-state index contributed by atoms with van der Waals surface area (Å²) < 4.78 is 24.8. The molecule has 1 rings (SSSR count). The van der Waals surface area contributed by atoms with E-state index in [0.717, 1.165) is 6.20 Å². The predicted octanol–water partition coefficient (Wildman–Crippen LogP) is 2.61. The predicted molar refractivity (Wildman–Crippen MR) is 48.2 cm³/mol. The molecule has 0 saturated heterocycles. The summed E-state index contributed by atoms with van der Waals surface area (Å²) in [5, 5.41) is 16.8. The molecule has 0 aliphatic heterocycles. The van der Waals surface area contributed by atoms with Crippen LogP contribution in [0, 0.1) is 22.7 Å². The monoisotopic (exact) mass is 227 g/mol. The van der Waals surface area contributed by atoms with Gasteiger partial charge in [0.1, 0.15) is 11.8 Å². The van der Waals surface area contributed by atoms with E-state index in [4.69, 9.17) is 22.1 Å². The molecule has 0 saturated carbocycles. The number of nitrogens with zero attached hydrogens (tertiary/aromatic N) is 3. The molecule has 15 heavy (non-hydrogen) atoms. The van der Waals surface area contributed by atoms with Crippen molar-refractivity contribution in [3.05, 3.63) is 28.0 Å². The number of halogens is 3. The number of hydrogen-bond donors (Lipinski definition) is 0. The van der Waals surface area contributed by atoms with Gasteiger partial charge in [0, 0.05) is 11.8 Å². The Morgan fingerprint density at radius 3 is 2.60 bits per heavy atom. The lowest BCUT2D eigenvalue weighted by molar-refractivity contribution is 0.151. The van der Waals surface area contributed by atoms with E-state index >= 15 is 0 Å². The van der Waals surface area contributed by atoms with Gasteiger partial charge >= 0.3 is 0 Å². The van der Waals surface area contributed by atoms with Gasteiger partial charge < -0.3 is 0 Å². The molecule has 0 unspecified atom stereocenters. The fourth-order valence-electron chi connectivity index (χ4n) is 1.04. The lowest BCUT2D eigenvalue weighted by Crippen LogP contribution is -1.99. The smallest absolute Gasteiger partial charge is 0.245 e. The van der Waals surface area contributed by atoms with Gasteiger partial charge in [-0.1, -0.05) is 11.6 Å². The molecule has 0 aromatic carbocycles. The van der Waals surface area contributed by atoms with Gasteiger partial charge in [0.25, 0.3) is 6.43 Å². The summed E-state index contributed by atoms with van der Waals surface area (Å²) in [6.45, 7) is 0. The van der Waals surface area contributed by atoms with Gasteiger partial charge in [-0.05, 0) is 0 Å². The van der Waals surface area contributed by atoms with Crippen molar-refractivity contribution >= 4 is 11.6 Å². The fourth-order valence-corrected chi connectivity index (χ4v) is 1.32. The van der Waals surface area contributed by atoms with Crippen LogP contribution in [0.3, 0.4) is 0 Å². The first-order chi connectivity index (χ1) is 7.11. The first-order valence-electron chi connectivity index (χ1n) is 3.84. The standard InChI is InChI=1S/C9H4ClF2N3/c10-8-5(1-2-13)7(3-14)15-4-6(8)9(11)12/h4,9H,1H2. The normalized spacial score (nSPS) is 9.73. The number of aromatic nitrogens is 1. The summed E-state index contributed by atoms with van der Waals surface area (Å²) in [6, 6.07) is 3.44. The third-order valence-electron chi connectivity index (χ3n) is 1.73. The lowest BCUT2D eigenvalue weighted by atomic mass is 10.1. The van der Waals surface area contributed by atoms with E-state index in [-0.39, 0.29) is 22.7 Å². The second-order valence-corrected chi connectivity index (χ2v) is 2.98. The molecular formula is C9H4ClF2N3. The molecule has 3 nitrogen and oxygen atoms in total. The first kappa shape index (κ1) is 11.4. The Bertz CT molecular complexity index is 460. The molecule has 0 N–H and O–H groups in total. The van der Waals surface area contributed by atoms with Crippen LogP contribution in [0.1, 0.15) is 23.2 Å². The lowest BCUT2D eigenvalue weighted by Gasteiger charge is -2.07. The molecule has 0 radical (unpaired) electrons. The molecule has 0 bridgehead atoms. The highest BCUT2D eigenvalue weighted by Crippen LogP contribution is 2.30. The Kier molecular flexibility index (Phi) is 3.54. The Morgan fingerprint density at radius 1 is 1.47 bits per heavy atom. The van der Waals surface area contributed by atoms with Crippen molar-refractivity contribution in [2.75, 3.05) is 0 Å².